The van der Waals surface area contributed by atoms with E-state index in [1.165, 1.54) is 16.9 Å². The van der Waals surface area contributed by atoms with E-state index in [4.69, 9.17) is 11.6 Å². The SMILES string of the molecule is Cc1nn(-c2ccc(Cl)cc2)c2sc(C(=O)NC3CCN(Cc4ccccc4)CC3)cc12. The Morgan fingerprint density at radius 2 is 1.84 bits per heavy atom. The van der Waals surface area contributed by atoms with Crippen LogP contribution in [0.3, 0.4) is 0 Å². The highest BCUT2D eigenvalue weighted by Gasteiger charge is 2.23. The average Bonchev–Trinajstić information content (AvgIpc) is 3.37. The first-order valence-electron chi connectivity index (χ1n) is 10.9. The molecule has 2 aromatic heterocycles. The van der Waals surface area contributed by atoms with Crippen molar-refractivity contribution in [3.05, 3.63) is 81.8 Å². The molecule has 7 heteroatoms. The van der Waals surface area contributed by atoms with Gasteiger partial charge in [0.05, 0.1) is 16.3 Å². The van der Waals surface area contributed by atoms with Crippen molar-refractivity contribution in [1.29, 1.82) is 0 Å². The summed E-state index contributed by atoms with van der Waals surface area (Å²) in [5.74, 6) is 0.00904. The highest BCUT2D eigenvalue weighted by Crippen LogP contribution is 2.31. The van der Waals surface area contributed by atoms with Gasteiger partial charge in [0.15, 0.2) is 0 Å². The zero-order valence-electron chi connectivity index (χ0n) is 17.9. The van der Waals surface area contributed by atoms with Crippen molar-refractivity contribution in [3.8, 4) is 5.69 Å². The van der Waals surface area contributed by atoms with Crippen LogP contribution in [0.5, 0.6) is 0 Å². The van der Waals surface area contributed by atoms with Crippen molar-refractivity contribution < 1.29 is 4.79 Å². The molecule has 1 N–H and O–H groups in total. The monoisotopic (exact) mass is 464 g/mol. The molecule has 0 saturated carbocycles. The van der Waals surface area contributed by atoms with E-state index < -0.39 is 0 Å². The fourth-order valence-electron chi connectivity index (χ4n) is 4.25. The van der Waals surface area contributed by atoms with E-state index in [9.17, 15) is 4.79 Å². The minimum Gasteiger partial charge on any atom is -0.349 e. The molecule has 5 nitrogen and oxygen atoms in total. The van der Waals surface area contributed by atoms with Gasteiger partial charge in [0, 0.05) is 36.1 Å². The van der Waals surface area contributed by atoms with Gasteiger partial charge in [-0.15, -0.1) is 11.3 Å². The summed E-state index contributed by atoms with van der Waals surface area (Å²) < 4.78 is 1.89. The molecule has 0 bridgehead atoms. The number of benzene rings is 2. The number of likely N-dealkylation sites (tertiary alicyclic amines) is 1. The first kappa shape index (κ1) is 21.2. The minimum absolute atomic E-state index is 0.00904. The number of nitrogens with zero attached hydrogens (tertiary/aromatic N) is 3. The number of aryl methyl sites for hydroxylation is 1. The molecule has 1 amide bonds. The number of hydrogen-bond acceptors (Lipinski definition) is 4. The highest BCUT2D eigenvalue weighted by molar-refractivity contribution is 7.20. The third kappa shape index (κ3) is 4.44. The van der Waals surface area contributed by atoms with Crippen molar-refractivity contribution in [2.24, 2.45) is 0 Å². The quantitative estimate of drug-likeness (QED) is 0.427. The molecule has 2 aromatic carbocycles. The summed E-state index contributed by atoms with van der Waals surface area (Å²) in [6, 6.07) is 20.3. The largest absolute Gasteiger partial charge is 0.349 e. The smallest absolute Gasteiger partial charge is 0.261 e. The molecule has 32 heavy (non-hydrogen) atoms. The van der Waals surface area contributed by atoms with Crippen molar-refractivity contribution in [1.82, 2.24) is 20.0 Å². The van der Waals surface area contributed by atoms with Crippen molar-refractivity contribution in [2.45, 2.75) is 32.4 Å². The Morgan fingerprint density at radius 3 is 2.56 bits per heavy atom. The Kier molecular flexibility index (Phi) is 6.00. The molecule has 0 unspecified atom stereocenters. The van der Waals surface area contributed by atoms with E-state index in [0.717, 1.165) is 59.0 Å². The van der Waals surface area contributed by atoms with E-state index >= 15 is 0 Å². The number of halogens is 1. The molecule has 5 rings (SSSR count). The lowest BCUT2D eigenvalue weighted by Crippen LogP contribution is -2.44. The molecule has 3 heterocycles. The number of fused-ring (bicyclic) bond motifs is 1. The van der Waals surface area contributed by atoms with Gasteiger partial charge in [-0.3, -0.25) is 9.69 Å². The summed E-state index contributed by atoms with van der Waals surface area (Å²) in [4.78, 5) is 17.2. The second-order valence-corrected chi connectivity index (χ2v) is 9.78. The Hall–Kier alpha value is -2.67. The third-order valence-electron chi connectivity index (χ3n) is 6.01. The molecule has 4 aromatic rings. The molecule has 164 valence electrons. The van der Waals surface area contributed by atoms with Gasteiger partial charge in [-0.2, -0.15) is 5.10 Å². The second-order valence-electron chi connectivity index (χ2n) is 8.31. The molecular weight excluding hydrogens is 440 g/mol. The van der Waals surface area contributed by atoms with Crippen LogP contribution in [0.1, 0.15) is 33.8 Å². The third-order valence-corrected chi connectivity index (χ3v) is 7.37. The number of amides is 1. The van der Waals surface area contributed by atoms with Gasteiger partial charge in [0.1, 0.15) is 4.83 Å². The minimum atomic E-state index is 0.00904. The van der Waals surface area contributed by atoms with Gasteiger partial charge >= 0.3 is 0 Å². The van der Waals surface area contributed by atoms with Crippen LogP contribution >= 0.6 is 22.9 Å². The predicted octanol–water partition coefficient (Wildman–Crippen LogP) is 5.44. The van der Waals surface area contributed by atoms with E-state index in [1.807, 2.05) is 48.0 Å². The Labute approximate surface area is 196 Å². The molecule has 1 fully saturated rings. The van der Waals surface area contributed by atoms with Crippen LogP contribution in [0, 0.1) is 6.92 Å². The van der Waals surface area contributed by atoms with Gasteiger partial charge in [-0.25, -0.2) is 4.68 Å². The average molecular weight is 465 g/mol. The summed E-state index contributed by atoms with van der Waals surface area (Å²) in [5, 5.41) is 9.62. The Morgan fingerprint density at radius 1 is 1.12 bits per heavy atom. The topological polar surface area (TPSA) is 50.2 Å². The summed E-state index contributed by atoms with van der Waals surface area (Å²) in [7, 11) is 0. The number of carbonyl (C=O) groups excluding carboxylic acids is 1. The maximum absolute atomic E-state index is 13.0. The normalized spacial score (nSPS) is 15.3. The molecule has 1 aliphatic rings. The molecular formula is C25H25ClN4OS. The number of carbonyl (C=O) groups is 1. The Bertz CT molecular complexity index is 1220. The number of thiophene rings is 1. The first-order valence-corrected chi connectivity index (χ1v) is 12.1. The summed E-state index contributed by atoms with van der Waals surface area (Å²) in [5.41, 5.74) is 3.19. The van der Waals surface area contributed by atoms with Crippen LogP contribution in [0.15, 0.2) is 60.7 Å². The van der Waals surface area contributed by atoms with Gasteiger partial charge in [0.25, 0.3) is 5.91 Å². The first-order chi connectivity index (χ1) is 15.6. The van der Waals surface area contributed by atoms with Gasteiger partial charge < -0.3 is 5.32 Å². The highest BCUT2D eigenvalue weighted by atomic mass is 35.5. The lowest BCUT2D eigenvalue weighted by Gasteiger charge is -2.32. The van der Waals surface area contributed by atoms with E-state index in [-0.39, 0.29) is 11.9 Å². The molecule has 0 spiro atoms. The van der Waals surface area contributed by atoms with Crippen LogP contribution < -0.4 is 5.32 Å². The standard InChI is InChI=1S/C25H25ClN4OS/c1-17-22-15-23(32-25(22)30(28-17)21-9-7-19(26)8-10-21)24(31)27-20-11-13-29(14-12-20)16-18-5-3-2-4-6-18/h2-10,15,20H,11-14,16H2,1H3,(H,27,31). The molecule has 0 aliphatic carbocycles. The number of rotatable bonds is 5. The van der Waals surface area contributed by atoms with E-state index in [1.54, 1.807) is 0 Å². The van der Waals surface area contributed by atoms with Crippen molar-refractivity contribution in [2.75, 3.05) is 13.1 Å². The zero-order chi connectivity index (χ0) is 22.1. The second kappa shape index (κ2) is 9.06. The van der Waals surface area contributed by atoms with Crippen molar-refractivity contribution >= 4 is 39.1 Å². The number of nitrogens with one attached hydrogen (secondary N) is 1. The maximum Gasteiger partial charge on any atom is 0.261 e. The van der Waals surface area contributed by atoms with Gasteiger partial charge in [-0.05, 0) is 55.7 Å². The van der Waals surface area contributed by atoms with Crippen LogP contribution in [-0.4, -0.2) is 39.7 Å². The summed E-state index contributed by atoms with van der Waals surface area (Å²) in [6.45, 7) is 4.94. The van der Waals surface area contributed by atoms with Crippen LogP contribution in [0.25, 0.3) is 15.9 Å². The fourth-order valence-corrected chi connectivity index (χ4v) is 5.46. The molecule has 1 aliphatic heterocycles. The Balaban J connectivity index is 1.25. The molecule has 0 atom stereocenters. The fraction of sp³-hybridized carbons (Fsp3) is 0.280. The van der Waals surface area contributed by atoms with Gasteiger partial charge in [-0.1, -0.05) is 41.9 Å². The van der Waals surface area contributed by atoms with Crippen LogP contribution in [0.4, 0.5) is 0 Å². The summed E-state index contributed by atoms with van der Waals surface area (Å²) in [6.07, 6.45) is 1.95. The number of hydrogen-bond donors (Lipinski definition) is 1. The van der Waals surface area contributed by atoms with Crippen LogP contribution in [-0.2, 0) is 6.54 Å². The predicted molar refractivity (Wildman–Crippen MR) is 131 cm³/mol. The molecule has 0 radical (unpaired) electrons. The van der Waals surface area contributed by atoms with Crippen molar-refractivity contribution in [3.63, 3.8) is 0 Å². The van der Waals surface area contributed by atoms with E-state index in [0.29, 0.717) is 5.02 Å². The number of piperidine rings is 1. The summed E-state index contributed by atoms with van der Waals surface area (Å²) >= 11 is 7.52. The lowest BCUT2D eigenvalue weighted by molar-refractivity contribution is 0.0913. The lowest BCUT2D eigenvalue weighted by atomic mass is 10.0. The van der Waals surface area contributed by atoms with E-state index in [2.05, 4.69) is 39.6 Å². The maximum atomic E-state index is 13.0. The van der Waals surface area contributed by atoms with Crippen LogP contribution in [0.2, 0.25) is 5.02 Å². The number of aromatic nitrogens is 2. The molecule has 1 saturated heterocycles. The van der Waals surface area contributed by atoms with Gasteiger partial charge in [0.2, 0.25) is 0 Å². The zero-order valence-corrected chi connectivity index (χ0v) is 19.5.